The molecule has 2 aromatic rings. The highest BCUT2D eigenvalue weighted by molar-refractivity contribution is 5.95. The van der Waals surface area contributed by atoms with Crippen molar-refractivity contribution in [2.24, 2.45) is 5.92 Å². The quantitative estimate of drug-likeness (QED) is 0.691. The predicted octanol–water partition coefficient (Wildman–Crippen LogP) is 4.42. The Morgan fingerprint density at radius 1 is 1.13 bits per heavy atom. The van der Waals surface area contributed by atoms with Gasteiger partial charge in [0.05, 0.1) is 6.04 Å². The van der Waals surface area contributed by atoms with Crippen molar-refractivity contribution < 1.29 is 27.5 Å². The number of aromatic nitrogens is 1. The van der Waals surface area contributed by atoms with Gasteiger partial charge in [-0.2, -0.15) is 13.2 Å². The van der Waals surface area contributed by atoms with Crippen molar-refractivity contribution >= 4 is 17.6 Å². The van der Waals surface area contributed by atoms with E-state index in [-0.39, 0.29) is 17.6 Å². The van der Waals surface area contributed by atoms with Gasteiger partial charge in [-0.3, -0.25) is 9.59 Å². The normalized spacial score (nSPS) is 12.4. The SMILES string of the molecule is Cc1cc(C(=O)NC(C)c2ccnc(NC(=O)C(C)C)c2)ccc1OCC(F)(F)F. The van der Waals surface area contributed by atoms with Crippen LogP contribution in [-0.4, -0.2) is 29.6 Å². The Hall–Kier alpha value is -3.10. The molecule has 0 fully saturated rings. The Balaban J connectivity index is 2.05. The molecule has 2 amide bonds. The molecule has 0 radical (unpaired) electrons. The van der Waals surface area contributed by atoms with Crippen molar-refractivity contribution in [3.63, 3.8) is 0 Å². The van der Waals surface area contributed by atoms with Crippen molar-refractivity contribution in [2.45, 2.75) is 39.9 Å². The monoisotopic (exact) mass is 423 g/mol. The van der Waals surface area contributed by atoms with Crippen LogP contribution in [-0.2, 0) is 4.79 Å². The van der Waals surface area contributed by atoms with Gasteiger partial charge in [0.25, 0.3) is 5.91 Å². The number of nitrogens with zero attached hydrogens (tertiary/aromatic N) is 1. The number of carbonyl (C=O) groups is 2. The molecule has 162 valence electrons. The third-order valence-electron chi connectivity index (χ3n) is 4.24. The van der Waals surface area contributed by atoms with E-state index < -0.39 is 24.7 Å². The number of amides is 2. The first-order chi connectivity index (χ1) is 14.0. The molecule has 0 spiro atoms. The average molecular weight is 423 g/mol. The van der Waals surface area contributed by atoms with Gasteiger partial charge in [-0.25, -0.2) is 4.98 Å². The van der Waals surface area contributed by atoms with E-state index in [0.717, 1.165) is 5.56 Å². The zero-order valence-corrected chi connectivity index (χ0v) is 17.1. The fourth-order valence-corrected chi connectivity index (χ4v) is 2.53. The number of benzene rings is 1. The smallest absolute Gasteiger partial charge is 0.422 e. The van der Waals surface area contributed by atoms with E-state index in [2.05, 4.69) is 15.6 Å². The second kappa shape index (κ2) is 9.60. The molecule has 1 heterocycles. The minimum Gasteiger partial charge on any atom is -0.484 e. The van der Waals surface area contributed by atoms with Crippen LogP contribution in [0.5, 0.6) is 5.75 Å². The highest BCUT2D eigenvalue weighted by Gasteiger charge is 2.28. The number of rotatable bonds is 7. The number of halogens is 3. The number of aryl methyl sites for hydroxylation is 1. The molecule has 30 heavy (non-hydrogen) atoms. The summed E-state index contributed by atoms with van der Waals surface area (Å²) >= 11 is 0. The molecule has 0 saturated carbocycles. The largest absolute Gasteiger partial charge is 0.484 e. The van der Waals surface area contributed by atoms with E-state index in [1.54, 1.807) is 39.8 Å². The van der Waals surface area contributed by atoms with Crippen LogP contribution >= 0.6 is 0 Å². The number of anilines is 1. The molecular formula is C21H24F3N3O3. The van der Waals surface area contributed by atoms with Crippen molar-refractivity contribution in [3.05, 3.63) is 53.2 Å². The van der Waals surface area contributed by atoms with Gasteiger partial charge in [-0.1, -0.05) is 13.8 Å². The minimum atomic E-state index is -4.43. The maximum Gasteiger partial charge on any atom is 0.422 e. The van der Waals surface area contributed by atoms with E-state index in [1.807, 2.05) is 0 Å². The van der Waals surface area contributed by atoms with E-state index in [0.29, 0.717) is 16.9 Å². The minimum absolute atomic E-state index is 0.0663. The van der Waals surface area contributed by atoms with E-state index >= 15 is 0 Å². The standard InChI is InChI=1S/C21H24F3N3O3/c1-12(2)19(28)27-18-10-15(7-8-25-18)14(4)26-20(29)16-5-6-17(13(3)9-16)30-11-21(22,23)24/h5-10,12,14H,11H2,1-4H3,(H,26,29)(H,25,27,28). The summed E-state index contributed by atoms with van der Waals surface area (Å²) in [7, 11) is 0. The average Bonchev–Trinajstić information content (AvgIpc) is 2.66. The lowest BCUT2D eigenvalue weighted by molar-refractivity contribution is -0.153. The fourth-order valence-electron chi connectivity index (χ4n) is 2.53. The Morgan fingerprint density at radius 2 is 1.83 bits per heavy atom. The summed E-state index contributed by atoms with van der Waals surface area (Å²) < 4.78 is 41.7. The van der Waals surface area contributed by atoms with Crippen LogP contribution < -0.4 is 15.4 Å². The van der Waals surface area contributed by atoms with Crippen LogP contribution in [0.3, 0.4) is 0 Å². The van der Waals surface area contributed by atoms with Crippen LogP contribution in [0.15, 0.2) is 36.5 Å². The molecule has 2 N–H and O–H groups in total. The molecular weight excluding hydrogens is 399 g/mol. The molecule has 0 bridgehead atoms. The molecule has 0 saturated heterocycles. The molecule has 9 heteroatoms. The lowest BCUT2D eigenvalue weighted by Gasteiger charge is -2.16. The number of hydrogen-bond donors (Lipinski definition) is 2. The molecule has 6 nitrogen and oxygen atoms in total. The van der Waals surface area contributed by atoms with E-state index in [9.17, 15) is 22.8 Å². The summed E-state index contributed by atoms with van der Waals surface area (Å²) in [4.78, 5) is 28.5. The summed E-state index contributed by atoms with van der Waals surface area (Å²) in [5.41, 5.74) is 1.45. The zero-order valence-electron chi connectivity index (χ0n) is 17.1. The van der Waals surface area contributed by atoms with Crippen molar-refractivity contribution in [1.82, 2.24) is 10.3 Å². The summed E-state index contributed by atoms with van der Waals surface area (Å²) in [6.45, 7) is 5.48. The lowest BCUT2D eigenvalue weighted by atomic mass is 10.1. The van der Waals surface area contributed by atoms with Gasteiger partial charge in [-0.15, -0.1) is 0 Å². The Bertz CT molecular complexity index is 914. The fraction of sp³-hybridized carbons (Fsp3) is 0.381. The molecule has 1 aromatic carbocycles. The van der Waals surface area contributed by atoms with Crippen LogP contribution in [0.4, 0.5) is 19.0 Å². The summed E-state index contributed by atoms with van der Waals surface area (Å²) in [5.74, 6) is -0.304. The number of pyridine rings is 1. The van der Waals surface area contributed by atoms with Crippen molar-refractivity contribution in [3.8, 4) is 5.75 Å². The lowest BCUT2D eigenvalue weighted by Crippen LogP contribution is -2.27. The number of carbonyl (C=O) groups excluding carboxylic acids is 2. The van der Waals surface area contributed by atoms with E-state index in [1.165, 1.54) is 24.4 Å². The number of ether oxygens (including phenoxy) is 1. The Labute approximate surface area is 172 Å². The van der Waals surface area contributed by atoms with Gasteiger partial charge in [0.1, 0.15) is 11.6 Å². The maximum atomic E-state index is 12.5. The van der Waals surface area contributed by atoms with Gasteiger partial charge in [0, 0.05) is 17.7 Å². The molecule has 1 unspecified atom stereocenters. The molecule has 0 aliphatic rings. The first-order valence-corrected chi connectivity index (χ1v) is 9.34. The first-order valence-electron chi connectivity index (χ1n) is 9.34. The highest BCUT2D eigenvalue weighted by Crippen LogP contribution is 2.23. The Kier molecular flexibility index (Phi) is 7.42. The molecule has 0 aliphatic carbocycles. The van der Waals surface area contributed by atoms with Gasteiger partial charge >= 0.3 is 6.18 Å². The third-order valence-corrected chi connectivity index (χ3v) is 4.24. The van der Waals surface area contributed by atoms with Gasteiger partial charge in [-0.05, 0) is 55.3 Å². The molecule has 1 atom stereocenters. The first kappa shape index (κ1) is 23.2. The number of hydrogen-bond acceptors (Lipinski definition) is 4. The number of nitrogens with one attached hydrogen (secondary N) is 2. The van der Waals surface area contributed by atoms with Crippen molar-refractivity contribution in [2.75, 3.05) is 11.9 Å². The maximum absolute atomic E-state index is 12.5. The van der Waals surface area contributed by atoms with Crippen LogP contribution in [0.2, 0.25) is 0 Å². The van der Waals surface area contributed by atoms with Crippen LogP contribution in [0.1, 0.15) is 48.3 Å². The van der Waals surface area contributed by atoms with E-state index in [4.69, 9.17) is 4.74 Å². The Morgan fingerprint density at radius 3 is 2.43 bits per heavy atom. The third kappa shape index (κ3) is 6.75. The van der Waals surface area contributed by atoms with Crippen LogP contribution in [0.25, 0.3) is 0 Å². The highest BCUT2D eigenvalue weighted by atomic mass is 19.4. The summed E-state index contributed by atoms with van der Waals surface area (Å²) in [5, 5.41) is 5.52. The van der Waals surface area contributed by atoms with Gasteiger partial charge < -0.3 is 15.4 Å². The van der Waals surface area contributed by atoms with Crippen molar-refractivity contribution in [1.29, 1.82) is 0 Å². The van der Waals surface area contributed by atoms with Gasteiger partial charge in [0.2, 0.25) is 5.91 Å². The second-order valence-corrected chi connectivity index (χ2v) is 7.20. The number of alkyl halides is 3. The van der Waals surface area contributed by atoms with Gasteiger partial charge in [0.15, 0.2) is 6.61 Å². The summed E-state index contributed by atoms with van der Waals surface area (Å²) in [6, 6.07) is 7.21. The topological polar surface area (TPSA) is 80.3 Å². The van der Waals surface area contributed by atoms with Crippen LogP contribution in [0, 0.1) is 12.8 Å². The second-order valence-electron chi connectivity index (χ2n) is 7.20. The summed E-state index contributed by atoms with van der Waals surface area (Å²) in [6.07, 6.45) is -2.90. The predicted molar refractivity (Wildman–Crippen MR) is 106 cm³/mol. The zero-order chi connectivity index (χ0) is 22.5. The molecule has 0 aliphatic heterocycles. The molecule has 2 rings (SSSR count). The molecule has 1 aromatic heterocycles.